The lowest BCUT2D eigenvalue weighted by Crippen LogP contribution is -2.42. The van der Waals surface area contributed by atoms with Crippen molar-refractivity contribution < 1.29 is 27.5 Å². The van der Waals surface area contributed by atoms with Gasteiger partial charge in [0, 0.05) is 18.2 Å². The highest BCUT2D eigenvalue weighted by atomic mass is 19.1. The van der Waals surface area contributed by atoms with Crippen molar-refractivity contribution >= 4 is 17.5 Å². The molecular formula is C31H28F2N2O4. The molecule has 5 rings (SSSR count). The van der Waals surface area contributed by atoms with Crippen molar-refractivity contribution in [1.82, 2.24) is 4.90 Å². The van der Waals surface area contributed by atoms with Crippen LogP contribution in [0.3, 0.4) is 0 Å². The van der Waals surface area contributed by atoms with E-state index in [4.69, 9.17) is 9.15 Å². The number of halogens is 2. The third-order valence-corrected chi connectivity index (χ3v) is 6.68. The van der Waals surface area contributed by atoms with E-state index in [-0.39, 0.29) is 36.1 Å². The molecule has 0 bridgehead atoms. The summed E-state index contributed by atoms with van der Waals surface area (Å²) in [6.07, 6.45) is 0.705. The molecule has 0 spiro atoms. The molecule has 8 heteroatoms. The molecule has 1 atom stereocenters. The minimum Gasteiger partial charge on any atom is -0.486 e. The number of hydrogen-bond donors (Lipinski definition) is 1. The number of anilines is 1. The highest BCUT2D eigenvalue weighted by Crippen LogP contribution is 2.38. The van der Waals surface area contributed by atoms with Crippen LogP contribution in [0.2, 0.25) is 0 Å². The van der Waals surface area contributed by atoms with Gasteiger partial charge in [-0.1, -0.05) is 32.0 Å². The third-order valence-electron chi connectivity index (χ3n) is 6.68. The van der Waals surface area contributed by atoms with E-state index in [1.807, 2.05) is 36.9 Å². The van der Waals surface area contributed by atoms with E-state index in [2.05, 4.69) is 5.32 Å². The van der Waals surface area contributed by atoms with E-state index in [0.717, 1.165) is 16.7 Å². The van der Waals surface area contributed by atoms with Crippen molar-refractivity contribution in [2.24, 2.45) is 5.92 Å². The minimum absolute atomic E-state index is 0.0309. The number of benzene rings is 3. The molecular weight excluding hydrogens is 502 g/mol. The molecule has 1 aliphatic heterocycles. The first kappa shape index (κ1) is 26.2. The maximum atomic E-state index is 13.7. The van der Waals surface area contributed by atoms with Gasteiger partial charge in [0.05, 0.1) is 6.04 Å². The Hall–Kier alpha value is -4.46. The zero-order chi connectivity index (χ0) is 27.5. The summed E-state index contributed by atoms with van der Waals surface area (Å²) >= 11 is 0. The van der Waals surface area contributed by atoms with Gasteiger partial charge < -0.3 is 19.4 Å². The van der Waals surface area contributed by atoms with Crippen LogP contribution in [0, 0.1) is 17.6 Å². The molecule has 3 aromatic carbocycles. The summed E-state index contributed by atoms with van der Waals surface area (Å²) in [6.45, 7) is 4.40. The molecule has 4 aromatic rings. The van der Waals surface area contributed by atoms with Gasteiger partial charge in [0.1, 0.15) is 29.8 Å². The van der Waals surface area contributed by atoms with E-state index >= 15 is 0 Å². The molecule has 1 unspecified atom stereocenters. The molecule has 0 radical (unpaired) electrons. The second-order valence-corrected chi connectivity index (χ2v) is 9.77. The number of amides is 2. The van der Waals surface area contributed by atoms with Gasteiger partial charge in [-0.25, -0.2) is 8.78 Å². The fourth-order valence-corrected chi connectivity index (χ4v) is 4.71. The molecule has 1 aromatic heterocycles. The zero-order valence-corrected chi connectivity index (χ0v) is 21.6. The summed E-state index contributed by atoms with van der Waals surface area (Å²) in [7, 11) is 0. The van der Waals surface area contributed by atoms with Crippen LogP contribution < -0.4 is 10.1 Å². The summed E-state index contributed by atoms with van der Waals surface area (Å²) < 4.78 is 38.4. The van der Waals surface area contributed by atoms with Crippen molar-refractivity contribution in [2.75, 3.05) is 11.9 Å². The van der Waals surface area contributed by atoms with Gasteiger partial charge in [0.15, 0.2) is 5.76 Å². The Morgan fingerprint density at radius 3 is 2.36 bits per heavy atom. The van der Waals surface area contributed by atoms with Gasteiger partial charge >= 0.3 is 0 Å². The predicted octanol–water partition coefficient (Wildman–Crippen LogP) is 6.52. The first-order valence-corrected chi connectivity index (χ1v) is 12.8. The minimum atomic E-state index is -0.460. The predicted molar refractivity (Wildman–Crippen MR) is 142 cm³/mol. The second-order valence-electron chi connectivity index (χ2n) is 9.77. The van der Waals surface area contributed by atoms with Crippen LogP contribution in [0.5, 0.6) is 5.75 Å². The summed E-state index contributed by atoms with van der Waals surface area (Å²) in [5, 5.41) is 2.66. The number of carbonyl (C=O) groups is 2. The quantitative estimate of drug-likeness (QED) is 0.295. The maximum absolute atomic E-state index is 13.7. The molecule has 2 amide bonds. The number of nitrogens with zero attached hydrogens (tertiary/aromatic N) is 1. The van der Waals surface area contributed by atoms with Crippen molar-refractivity contribution in [3.63, 3.8) is 0 Å². The normalized spacial score (nSPS) is 14.7. The van der Waals surface area contributed by atoms with Gasteiger partial charge in [-0.3, -0.25) is 9.59 Å². The fraction of sp³-hybridized carbons (Fsp3) is 0.226. The number of carbonyl (C=O) groups excluding carboxylic acids is 2. The van der Waals surface area contributed by atoms with Gasteiger partial charge in [-0.15, -0.1) is 0 Å². The van der Waals surface area contributed by atoms with E-state index in [0.29, 0.717) is 30.2 Å². The topological polar surface area (TPSA) is 71.8 Å². The summed E-state index contributed by atoms with van der Waals surface area (Å²) in [6, 6.07) is 20.3. The summed E-state index contributed by atoms with van der Waals surface area (Å²) in [5.41, 5.74) is 3.30. The van der Waals surface area contributed by atoms with Crippen molar-refractivity contribution in [3.8, 4) is 5.75 Å². The van der Waals surface area contributed by atoms with Crippen molar-refractivity contribution in [3.05, 3.63) is 119 Å². The van der Waals surface area contributed by atoms with Crippen molar-refractivity contribution in [1.29, 1.82) is 0 Å². The van der Waals surface area contributed by atoms with Gasteiger partial charge in [-0.05, 0) is 83.8 Å². The van der Waals surface area contributed by atoms with Crippen LogP contribution in [0.4, 0.5) is 14.5 Å². The number of nitrogens with one attached hydrogen (secondary N) is 1. The first-order valence-electron chi connectivity index (χ1n) is 12.8. The molecule has 0 aliphatic carbocycles. The molecule has 0 saturated carbocycles. The average molecular weight is 531 g/mol. The standard InChI is InChI=1S/C31H28F2N2O4/c1-19(2)31(37)35-16-15-20-5-12-25(17-27(20)29(35)21-3-6-22(32)7-4-21)38-18-26-13-14-28(39-26)30(36)34-24-10-8-23(33)9-11-24/h3-14,17,19,29H,15-16,18H2,1-2H3,(H,34,36). The Morgan fingerprint density at radius 2 is 1.67 bits per heavy atom. The van der Waals surface area contributed by atoms with Gasteiger partial charge in [0.2, 0.25) is 5.91 Å². The SMILES string of the molecule is CC(C)C(=O)N1CCc2ccc(OCc3ccc(C(=O)Nc4ccc(F)cc4)o3)cc2C1c1ccc(F)cc1. The highest BCUT2D eigenvalue weighted by molar-refractivity contribution is 6.02. The lowest BCUT2D eigenvalue weighted by atomic mass is 9.87. The van der Waals surface area contributed by atoms with Gasteiger partial charge in [-0.2, -0.15) is 0 Å². The van der Waals surface area contributed by atoms with Crippen LogP contribution in [0.1, 0.15) is 52.9 Å². The molecule has 2 heterocycles. The number of fused-ring (bicyclic) bond motifs is 1. The molecule has 6 nitrogen and oxygen atoms in total. The fourth-order valence-electron chi connectivity index (χ4n) is 4.71. The van der Waals surface area contributed by atoms with Crippen LogP contribution in [0.15, 0.2) is 83.3 Å². The van der Waals surface area contributed by atoms with Crippen LogP contribution in [-0.2, 0) is 17.8 Å². The Balaban J connectivity index is 1.33. The van der Waals surface area contributed by atoms with Crippen LogP contribution in [0.25, 0.3) is 0 Å². The summed E-state index contributed by atoms with van der Waals surface area (Å²) in [4.78, 5) is 27.4. The number of furan rings is 1. The van der Waals surface area contributed by atoms with Crippen LogP contribution >= 0.6 is 0 Å². The monoisotopic (exact) mass is 530 g/mol. The highest BCUT2D eigenvalue weighted by Gasteiger charge is 2.33. The zero-order valence-electron chi connectivity index (χ0n) is 21.6. The lowest BCUT2D eigenvalue weighted by Gasteiger charge is -2.39. The molecule has 1 N–H and O–H groups in total. The first-order chi connectivity index (χ1) is 18.8. The molecule has 0 fully saturated rings. The van der Waals surface area contributed by atoms with E-state index in [1.54, 1.807) is 24.3 Å². The third kappa shape index (κ3) is 5.85. The Kier molecular flexibility index (Phi) is 7.45. The molecule has 200 valence electrons. The molecule has 39 heavy (non-hydrogen) atoms. The maximum Gasteiger partial charge on any atom is 0.291 e. The lowest BCUT2D eigenvalue weighted by molar-refractivity contribution is -0.136. The van der Waals surface area contributed by atoms with Crippen LogP contribution in [-0.4, -0.2) is 23.3 Å². The number of rotatable bonds is 7. The number of hydrogen-bond acceptors (Lipinski definition) is 4. The van der Waals surface area contributed by atoms with Gasteiger partial charge in [0.25, 0.3) is 5.91 Å². The summed E-state index contributed by atoms with van der Waals surface area (Å²) in [5.74, 6) is -0.211. The van der Waals surface area contributed by atoms with E-state index in [1.165, 1.54) is 36.4 Å². The van der Waals surface area contributed by atoms with E-state index < -0.39 is 11.7 Å². The average Bonchev–Trinajstić information content (AvgIpc) is 3.42. The largest absolute Gasteiger partial charge is 0.486 e. The number of ether oxygens (including phenoxy) is 1. The Labute approximate surface area is 225 Å². The smallest absolute Gasteiger partial charge is 0.291 e. The van der Waals surface area contributed by atoms with Crippen molar-refractivity contribution in [2.45, 2.75) is 32.9 Å². The Morgan fingerprint density at radius 1 is 0.974 bits per heavy atom. The second kappa shape index (κ2) is 11.1. The molecule has 0 saturated heterocycles. The molecule has 1 aliphatic rings. The van der Waals surface area contributed by atoms with E-state index in [9.17, 15) is 18.4 Å². The Bertz CT molecular complexity index is 1480.